The van der Waals surface area contributed by atoms with Crippen molar-refractivity contribution in [3.8, 4) is 0 Å². The molecule has 2 aromatic carbocycles. The van der Waals surface area contributed by atoms with Gasteiger partial charge in [-0.1, -0.05) is 43.3 Å². The van der Waals surface area contributed by atoms with Gasteiger partial charge in [0.05, 0.1) is 23.5 Å². The van der Waals surface area contributed by atoms with Crippen LogP contribution in [-0.4, -0.2) is 34.0 Å². The van der Waals surface area contributed by atoms with Crippen molar-refractivity contribution in [3.63, 3.8) is 0 Å². The van der Waals surface area contributed by atoms with Crippen molar-refractivity contribution in [2.45, 2.75) is 32.4 Å². The summed E-state index contributed by atoms with van der Waals surface area (Å²) >= 11 is 5.63. The summed E-state index contributed by atoms with van der Waals surface area (Å²) < 4.78 is 1.93. The fraction of sp³-hybridized carbons (Fsp3) is 0.348. The van der Waals surface area contributed by atoms with Gasteiger partial charge in [-0.2, -0.15) is 5.10 Å². The van der Waals surface area contributed by atoms with Crippen LogP contribution in [0.25, 0.3) is 10.8 Å². The van der Waals surface area contributed by atoms with E-state index in [4.69, 9.17) is 11.6 Å². The smallest absolute Gasteiger partial charge is 0.255 e. The van der Waals surface area contributed by atoms with Crippen molar-refractivity contribution in [3.05, 3.63) is 65.5 Å². The van der Waals surface area contributed by atoms with Gasteiger partial charge in [0.25, 0.3) is 5.91 Å². The Balaban J connectivity index is 1.60. The molecule has 1 aliphatic rings. The van der Waals surface area contributed by atoms with Crippen molar-refractivity contribution >= 4 is 34.2 Å². The second kappa shape index (κ2) is 8.88. The van der Waals surface area contributed by atoms with E-state index >= 15 is 0 Å². The minimum Gasteiger partial charge on any atom is -0.353 e. The lowest BCUT2D eigenvalue weighted by Crippen LogP contribution is -2.38. The number of amides is 2. The first kappa shape index (κ1) is 20.4. The van der Waals surface area contributed by atoms with Crippen LogP contribution in [0.4, 0.5) is 0 Å². The molecule has 0 radical (unpaired) electrons. The highest BCUT2D eigenvalue weighted by Gasteiger charge is 2.25. The van der Waals surface area contributed by atoms with Crippen LogP contribution in [0.2, 0.25) is 0 Å². The molecule has 2 atom stereocenters. The standard InChI is InChI=1S/C23H25ClN4O2/c1-15-8-9-28-21(10-15)19(13-26-28)23(30)27-20(14-25-22(29)12-24)18-7-6-16-4-2-3-5-17(16)11-18/h2-7,11,13,15,20H,8-10,12,14H2,1H3,(H,25,29)(H,27,30). The highest BCUT2D eigenvalue weighted by Crippen LogP contribution is 2.24. The van der Waals surface area contributed by atoms with E-state index in [1.165, 1.54) is 0 Å². The molecule has 0 fully saturated rings. The van der Waals surface area contributed by atoms with E-state index in [0.717, 1.165) is 41.4 Å². The fourth-order valence-electron chi connectivity index (χ4n) is 3.96. The molecule has 0 bridgehead atoms. The van der Waals surface area contributed by atoms with E-state index in [9.17, 15) is 9.59 Å². The fourth-order valence-corrected chi connectivity index (χ4v) is 4.05. The quantitative estimate of drug-likeness (QED) is 0.595. The summed E-state index contributed by atoms with van der Waals surface area (Å²) in [6.07, 6.45) is 3.56. The van der Waals surface area contributed by atoms with Crippen LogP contribution < -0.4 is 10.6 Å². The Bertz CT molecular complexity index is 1080. The van der Waals surface area contributed by atoms with Crippen molar-refractivity contribution in [1.82, 2.24) is 20.4 Å². The number of alkyl halides is 1. The number of fused-ring (bicyclic) bond motifs is 2. The van der Waals surface area contributed by atoms with E-state index in [0.29, 0.717) is 11.5 Å². The van der Waals surface area contributed by atoms with Gasteiger partial charge >= 0.3 is 0 Å². The number of carbonyl (C=O) groups excluding carboxylic acids is 2. The normalized spacial score (nSPS) is 16.7. The predicted octanol–water partition coefficient (Wildman–Crippen LogP) is 3.44. The molecular weight excluding hydrogens is 400 g/mol. The third-order valence-corrected chi connectivity index (χ3v) is 5.92. The maximum absolute atomic E-state index is 13.1. The molecule has 1 aromatic heterocycles. The molecule has 7 heteroatoms. The Morgan fingerprint density at radius 2 is 2.03 bits per heavy atom. The minimum absolute atomic E-state index is 0.118. The Kier molecular flexibility index (Phi) is 6.04. The van der Waals surface area contributed by atoms with Crippen LogP contribution in [0.1, 0.15) is 41.0 Å². The molecule has 0 saturated carbocycles. The van der Waals surface area contributed by atoms with Gasteiger partial charge in [0.2, 0.25) is 5.91 Å². The summed E-state index contributed by atoms with van der Waals surface area (Å²) in [6, 6.07) is 13.7. The van der Waals surface area contributed by atoms with Gasteiger partial charge in [-0.25, -0.2) is 0 Å². The molecule has 0 spiro atoms. The molecule has 2 unspecified atom stereocenters. The minimum atomic E-state index is -0.383. The van der Waals surface area contributed by atoms with Crippen molar-refractivity contribution in [2.24, 2.45) is 5.92 Å². The van der Waals surface area contributed by atoms with Crippen LogP contribution in [0.5, 0.6) is 0 Å². The zero-order valence-electron chi connectivity index (χ0n) is 16.9. The average Bonchev–Trinajstić information content (AvgIpc) is 3.19. The van der Waals surface area contributed by atoms with E-state index in [1.807, 2.05) is 47.1 Å². The lowest BCUT2D eigenvalue weighted by Gasteiger charge is -2.22. The Labute approximate surface area is 180 Å². The maximum atomic E-state index is 13.1. The zero-order valence-corrected chi connectivity index (χ0v) is 17.7. The lowest BCUT2D eigenvalue weighted by atomic mass is 9.96. The van der Waals surface area contributed by atoms with Crippen LogP contribution in [0.15, 0.2) is 48.7 Å². The monoisotopic (exact) mass is 424 g/mol. The molecule has 3 aromatic rings. The van der Waals surface area contributed by atoms with Crippen molar-refractivity contribution in [2.75, 3.05) is 12.4 Å². The van der Waals surface area contributed by atoms with E-state index in [1.54, 1.807) is 6.20 Å². The molecule has 0 aliphatic carbocycles. The number of aromatic nitrogens is 2. The van der Waals surface area contributed by atoms with E-state index < -0.39 is 0 Å². The predicted molar refractivity (Wildman–Crippen MR) is 118 cm³/mol. The molecule has 2 heterocycles. The van der Waals surface area contributed by atoms with Gasteiger partial charge in [0.15, 0.2) is 0 Å². The first-order valence-electron chi connectivity index (χ1n) is 10.2. The van der Waals surface area contributed by atoms with Gasteiger partial charge in [-0.3, -0.25) is 14.3 Å². The molecule has 0 saturated heterocycles. The molecule has 6 nitrogen and oxygen atoms in total. The van der Waals surface area contributed by atoms with Gasteiger partial charge in [0, 0.05) is 13.1 Å². The number of rotatable bonds is 6. The average molecular weight is 425 g/mol. The molecule has 2 amide bonds. The lowest BCUT2D eigenvalue weighted by molar-refractivity contribution is -0.118. The van der Waals surface area contributed by atoms with Crippen LogP contribution >= 0.6 is 11.6 Å². The van der Waals surface area contributed by atoms with Crippen molar-refractivity contribution in [1.29, 1.82) is 0 Å². The molecule has 30 heavy (non-hydrogen) atoms. The number of halogens is 1. The number of hydrogen-bond donors (Lipinski definition) is 2. The molecule has 1 aliphatic heterocycles. The van der Waals surface area contributed by atoms with E-state index in [-0.39, 0.29) is 30.3 Å². The third kappa shape index (κ3) is 4.33. The summed E-state index contributed by atoms with van der Waals surface area (Å²) in [5.41, 5.74) is 2.51. The zero-order chi connectivity index (χ0) is 21.1. The second-order valence-electron chi connectivity index (χ2n) is 7.90. The number of carbonyl (C=O) groups is 2. The molecular formula is C23H25ClN4O2. The Morgan fingerprint density at radius 3 is 2.83 bits per heavy atom. The van der Waals surface area contributed by atoms with E-state index in [2.05, 4.69) is 22.7 Å². The van der Waals surface area contributed by atoms with Crippen molar-refractivity contribution < 1.29 is 9.59 Å². The van der Waals surface area contributed by atoms with Gasteiger partial charge in [-0.15, -0.1) is 11.6 Å². The number of nitrogens with one attached hydrogen (secondary N) is 2. The summed E-state index contributed by atoms with van der Waals surface area (Å²) in [4.78, 5) is 24.9. The van der Waals surface area contributed by atoms with Gasteiger partial charge < -0.3 is 10.6 Å². The number of nitrogens with zero attached hydrogens (tertiary/aromatic N) is 2. The third-order valence-electron chi connectivity index (χ3n) is 5.67. The molecule has 156 valence electrons. The summed E-state index contributed by atoms with van der Waals surface area (Å²) in [5, 5.41) is 12.5. The Hall–Kier alpha value is -2.86. The number of aryl methyl sites for hydroxylation is 1. The molecule has 4 rings (SSSR count). The Morgan fingerprint density at radius 1 is 1.23 bits per heavy atom. The summed E-state index contributed by atoms with van der Waals surface area (Å²) in [5.74, 6) is -0.0372. The second-order valence-corrected chi connectivity index (χ2v) is 8.16. The van der Waals surface area contributed by atoms with Gasteiger partial charge in [0.1, 0.15) is 5.88 Å². The number of hydrogen-bond acceptors (Lipinski definition) is 3. The number of benzene rings is 2. The largest absolute Gasteiger partial charge is 0.353 e. The van der Waals surface area contributed by atoms with Crippen LogP contribution in [0, 0.1) is 5.92 Å². The topological polar surface area (TPSA) is 76.0 Å². The highest BCUT2D eigenvalue weighted by molar-refractivity contribution is 6.27. The highest BCUT2D eigenvalue weighted by atomic mass is 35.5. The first-order chi connectivity index (χ1) is 14.5. The maximum Gasteiger partial charge on any atom is 0.255 e. The van der Waals surface area contributed by atoms with Crippen LogP contribution in [-0.2, 0) is 17.8 Å². The van der Waals surface area contributed by atoms with Gasteiger partial charge in [-0.05, 0) is 41.2 Å². The SMILES string of the molecule is CC1CCn2ncc(C(=O)NC(CNC(=O)CCl)c3ccc4ccccc4c3)c2C1. The van der Waals surface area contributed by atoms with Crippen LogP contribution in [0.3, 0.4) is 0 Å². The molecule has 2 N–H and O–H groups in total. The first-order valence-corrected chi connectivity index (χ1v) is 10.8. The summed E-state index contributed by atoms with van der Waals surface area (Å²) in [7, 11) is 0. The summed E-state index contributed by atoms with van der Waals surface area (Å²) in [6.45, 7) is 3.29.